The fourth-order valence-corrected chi connectivity index (χ4v) is 3.15. The molecule has 5 nitrogen and oxygen atoms in total. The van der Waals surface area contributed by atoms with Crippen LogP contribution in [0.3, 0.4) is 0 Å². The van der Waals surface area contributed by atoms with Crippen LogP contribution in [-0.2, 0) is 11.4 Å². The first-order chi connectivity index (χ1) is 12.4. The number of nitriles is 1. The number of imidazole rings is 1. The van der Waals surface area contributed by atoms with Gasteiger partial charge in [0.25, 0.3) is 0 Å². The lowest BCUT2D eigenvalue weighted by Gasteiger charge is -2.34. The summed E-state index contributed by atoms with van der Waals surface area (Å²) >= 11 is -1.71. The highest BCUT2D eigenvalue weighted by atomic mass is 32.2. The van der Waals surface area contributed by atoms with E-state index in [4.69, 9.17) is 5.26 Å². The summed E-state index contributed by atoms with van der Waals surface area (Å²) in [4.78, 5) is 7.16. The van der Waals surface area contributed by atoms with Gasteiger partial charge in [0, 0.05) is 11.4 Å². The Morgan fingerprint density at radius 2 is 1.85 bits per heavy atom. The maximum Gasteiger partial charge on any atom is 0.246 e. The van der Waals surface area contributed by atoms with Crippen molar-refractivity contribution in [1.29, 1.82) is 5.26 Å². The predicted octanol–water partition coefficient (Wildman–Crippen LogP) is 4.16. The van der Waals surface area contributed by atoms with Crippen molar-refractivity contribution in [3.63, 3.8) is 0 Å². The molecule has 0 aliphatic carbocycles. The summed E-state index contributed by atoms with van der Waals surface area (Å²) in [6.07, 6.45) is -4.99. The molecule has 2 N–H and O–H groups in total. The molecule has 27 heavy (non-hydrogen) atoms. The van der Waals surface area contributed by atoms with E-state index in [1.165, 1.54) is 6.07 Å². The number of fused-ring (bicyclic) bond motifs is 1. The SMILES string of the molecule is CC(C)(C(F)F)C(F)[C@@H](N[S@+]([O-])C(C)(C)C)c1nc2cc(C#N)ccc2[nH]1. The third kappa shape index (κ3) is 4.57. The third-order valence-electron chi connectivity index (χ3n) is 4.28. The Kier molecular flexibility index (Phi) is 6.14. The number of hydrogen-bond acceptors (Lipinski definition) is 4. The van der Waals surface area contributed by atoms with Crippen LogP contribution in [0.25, 0.3) is 11.0 Å². The van der Waals surface area contributed by atoms with Crippen molar-refractivity contribution in [2.45, 2.75) is 58.0 Å². The van der Waals surface area contributed by atoms with Gasteiger partial charge in [-0.05, 0) is 39.0 Å². The second-order valence-corrected chi connectivity index (χ2v) is 9.96. The van der Waals surface area contributed by atoms with Gasteiger partial charge >= 0.3 is 0 Å². The molecule has 9 heteroatoms. The lowest BCUT2D eigenvalue weighted by molar-refractivity contribution is -0.0452. The van der Waals surface area contributed by atoms with E-state index in [-0.39, 0.29) is 5.82 Å². The highest BCUT2D eigenvalue weighted by Gasteiger charge is 2.47. The number of rotatable bonds is 6. The minimum absolute atomic E-state index is 0.0546. The maximum absolute atomic E-state index is 15.2. The van der Waals surface area contributed by atoms with Gasteiger partial charge in [0.05, 0.1) is 28.1 Å². The monoisotopic (exact) mass is 400 g/mol. The van der Waals surface area contributed by atoms with Gasteiger partial charge in [-0.1, -0.05) is 13.8 Å². The summed E-state index contributed by atoms with van der Waals surface area (Å²) in [5.74, 6) is 0.0546. The highest BCUT2D eigenvalue weighted by Crippen LogP contribution is 2.39. The van der Waals surface area contributed by atoms with Crippen LogP contribution in [0.4, 0.5) is 13.2 Å². The lowest BCUT2D eigenvalue weighted by atomic mass is 9.84. The molecular weight excluding hydrogens is 377 g/mol. The molecule has 0 aliphatic rings. The molecule has 3 atom stereocenters. The average Bonchev–Trinajstić information content (AvgIpc) is 3.00. The van der Waals surface area contributed by atoms with E-state index < -0.39 is 40.2 Å². The van der Waals surface area contributed by atoms with Gasteiger partial charge < -0.3 is 9.54 Å². The van der Waals surface area contributed by atoms with Gasteiger partial charge in [-0.2, -0.15) is 5.26 Å². The number of benzene rings is 1. The minimum Gasteiger partial charge on any atom is -0.598 e. The largest absolute Gasteiger partial charge is 0.598 e. The van der Waals surface area contributed by atoms with E-state index in [1.54, 1.807) is 32.9 Å². The molecule has 1 aromatic carbocycles. The van der Waals surface area contributed by atoms with Crippen LogP contribution in [0.1, 0.15) is 52.0 Å². The zero-order chi connectivity index (χ0) is 20.6. The number of halogens is 3. The van der Waals surface area contributed by atoms with E-state index in [1.807, 2.05) is 6.07 Å². The molecule has 0 aliphatic heterocycles. The Balaban J connectivity index is 2.50. The van der Waals surface area contributed by atoms with Crippen LogP contribution >= 0.6 is 0 Å². The van der Waals surface area contributed by atoms with Crippen molar-refractivity contribution >= 4 is 22.4 Å². The van der Waals surface area contributed by atoms with Crippen molar-refractivity contribution in [2.75, 3.05) is 0 Å². The van der Waals surface area contributed by atoms with Gasteiger partial charge in [0.2, 0.25) is 6.43 Å². The molecule has 0 spiro atoms. The highest BCUT2D eigenvalue weighted by molar-refractivity contribution is 7.90. The summed E-state index contributed by atoms with van der Waals surface area (Å²) in [6.45, 7) is 7.31. The Hall–Kier alpha value is -1.76. The van der Waals surface area contributed by atoms with Gasteiger partial charge in [-0.25, -0.2) is 18.2 Å². The van der Waals surface area contributed by atoms with Crippen LogP contribution in [0.15, 0.2) is 18.2 Å². The summed E-state index contributed by atoms with van der Waals surface area (Å²) < 4.78 is 56.4. The standard InChI is InChI=1S/C18H23F3N4OS/c1-17(2,3)27(26)25-13(14(19)18(4,5)16(20)21)15-23-11-7-6-10(9-22)8-12(11)24-15/h6-8,13-14,16,25H,1-5H3,(H,23,24)/t13-,14?,27-/m1/s1. The summed E-state index contributed by atoms with van der Waals surface area (Å²) in [5, 5.41) is 8.99. The topological polar surface area (TPSA) is 87.6 Å². The van der Waals surface area contributed by atoms with Gasteiger partial charge in [0.15, 0.2) is 0 Å². The first kappa shape index (κ1) is 21.5. The summed E-state index contributed by atoms with van der Waals surface area (Å²) in [5.41, 5.74) is -0.692. The van der Waals surface area contributed by atoms with E-state index in [9.17, 15) is 13.3 Å². The van der Waals surface area contributed by atoms with Gasteiger partial charge in [-0.15, -0.1) is 4.72 Å². The summed E-state index contributed by atoms with van der Waals surface area (Å²) in [7, 11) is 0. The first-order valence-electron chi connectivity index (χ1n) is 8.38. The molecule has 2 rings (SSSR count). The summed E-state index contributed by atoms with van der Waals surface area (Å²) in [6, 6.07) is 5.32. The zero-order valence-corrected chi connectivity index (χ0v) is 16.6. The van der Waals surface area contributed by atoms with Crippen LogP contribution in [-0.4, -0.2) is 31.9 Å². The zero-order valence-electron chi connectivity index (χ0n) is 15.8. The molecular formula is C18H23F3N4OS. The Labute approximate surface area is 159 Å². The quantitative estimate of drug-likeness (QED) is 0.713. The fourth-order valence-electron chi connectivity index (χ4n) is 2.34. The first-order valence-corrected chi connectivity index (χ1v) is 9.53. The molecule has 2 aromatic rings. The maximum atomic E-state index is 15.2. The van der Waals surface area contributed by atoms with Crippen molar-refractivity contribution in [1.82, 2.24) is 14.7 Å². The molecule has 0 radical (unpaired) electrons. The Bertz CT molecular complexity index is 841. The molecule has 0 bridgehead atoms. The van der Waals surface area contributed by atoms with Crippen molar-refractivity contribution < 1.29 is 17.7 Å². The number of aromatic amines is 1. The Morgan fingerprint density at radius 1 is 1.22 bits per heavy atom. The Morgan fingerprint density at radius 3 is 2.37 bits per heavy atom. The molecule has 0 fully saturated rings. The number of aromatic nitrogens is 2. The normalized spacial score (nSPS) is 16.3. The van der Waals surface area contributed by atoms with Crippen LogP contribution in [0.2, 0.25) is 0 Å². The lowest BCUT2D eigenvalue weighted by Crippen LogP contribution is -2.48. The molecule has 0 saturated heterocycles. The van der Waals surface area contributed by atoms with E-state index in [0.29, 0.717) is 16.6 Å². The fraction of sp³-hybridized carbons (Fsp3) is 0.556. The molecule has 0 amide bonds. The van der Waals surface area contributed by atoms with Crippen LogP contribution in [0, 0.1) is 16.7 Å². The van der Waals surface area contributed by atoms with Crippen molar-refractivity contribution in [3.05, 3.63) is 29.6 Å². The number of H-pyrrole nitrogens is 1. The number of nitrogens with one attached hydrogen (secondary N) is 2. The molecule has 0 saturated carbocycles. The smallest absolute Gasteiger partial charge is 0.246 e. The third-order valence-corrected chi connectivity index (χ3v) is 5.86. The predicted molar refractivity (Wildman–Crippen MR) is 99.3 cm³/mol. The second kappa shape index (κ2) is 7.70. The van der Waals surface area contributed by atoms with Gasteiger partial charge in [-0.3, -0.25) is 0 Å². The molecule has 1 aromatic heterocycles. The average molecular weight is 400 g/mol. The van der Waals surface area contributed by atoms with Crippen molar-refractivity contribution in [3.8, 4) is 6.07 Å². The van der Waals surface area contributed by atoms with E-state index in [0.717, 1.165) is 13.8 Å². The second-order valence-electron chi connectivity index (χ2n) is 7.97. The van der Waals surface area contributed by atoms with E-state index in [2.05, 4.69) is 14.7 Å². The van der Waals surface area contributed by atoms with Crippen LogP contribution < -0.4 is 4.72 Å². The molecule has 1 heterocycles. The minimum atomic E-state index is -2.92. The number of hydrogen-bond donors (Lipinski definition) is 2. The van der Waals surface area contributed by atoms with Crippen LogP contribution in [0.5, 0.6) is 0 Å². The number of alkyl halides is 3. The number of nitrogens with zero attached hydrogens (tertiary/aromatic N) is 2. The van der Waals surface area contributed by atoms with Gasteiger partial charge in [0.1, 0.15) is 22.8 Å². The molecule has 148 valence electrons. The van der Waals surface area contributed by atoms with E-state index >= 15 is 4.39 Å². The van der Waals surface area contributed by atoms with Crippen molar-refractivity contribution in [2.24, 2.45) is 5.41 Å². The molecule has 1 unspecified atom stereocenters.